The molecule has 4 aromatic rings. The Bertz CT molecular complexity index is 1430. The summed E-state index contributed by atoms with van der Waals surface area (Å²) in [5, 5.41) is 9.66. The topological polar surface area (TPSA) is 84.0 Å². The second-order valence-corrected chi connectivity index (χ2v) is 8.20. The number of nitrogens with zero attached hydrogens (tertiary/aromatic N) is 5. The van der Waals surface area contributed by atoms with Gasteiger partial charge in [-0.05, 0) is 36.6 Å². The third kappa shape index (κ3) is 3.81. The molecule has 0 bridgehead atoms. The van der Waals surface area contributed by atoms with Gasteiger partial charge in [-0.25, -0.2) is 9.37 Å². The molecule has 1 saturated heterocycles. The van der Waals surface area contributed by atoms with Crippen molar-refractivity contribution in [1.29, 1.82) is 5.26 Å². The molecule has 1 aliphatic heterocycles. The molecule has 166 valence electrons. The van der Waals surface area contributed by atoms with Crippen molar-refractivity contribution in [2.24, 2.45) is 0 Å². The molecule has 2 aromatic heterocycles. The molecular formula is C25H22FN5O2. The lowest BCUT2D eigenvalue weighted by Crippen LogP contribution is -2.37. The maximum atomic E-state index is 15.1. The van der Waals surface area contributed by atoms with E-state index in [2.05, 4.69) is 20.9 Å². The number of halogens is 1. The quantitative estimate of drug-likeness (QED) is 0.351. The lowest BCUT2D eigenvalue weighted by Gasteiger charge is -2.32. The van der Waals surface area contributed by atoms with Gasteiger partial charge in [0.05, 0.1) is 43.2 Å². The second-order valence-electron chi connectivity index (χ2n) is 8.20. The van der Waals surface area contributed by atoms with E-state index in [0.717, 1.165) is 25.9 Å². The van der Waals surface area contributed by atoms with Gasteiger partial charge >= 0.3 is 0 Å². The summed E-state index contributed by atoms with van der Waals surface area (Å²) in [6.45, 7) is 1.86. The Morgan fingerprint density at radius 2 is 1.85 bits per heavy atom. The Morgan fingerprint density at radius 1 is 1.12 bits per heavy atom. The van der Waals surface area contributed by atoms with Crippen LogP contribution < -0.4 is 10.3 Å². The van der Waals surface area contributed by atoms with Crippen molar-refractivity contribution in [1.82, 2.24) is 19.4 Å². The monoisotopic (exact) mass is 443 g/mol. The zero-order valence-corrected chi connectivity index (χ0v) is 18.2. The molecule has 8 heteroatoms. The summed E-state index contributed by atoms with van der Waals surface area (Å²) in [5.41, 5.74) is 2.67. The van der Waals surface area contributed by atoms with Gasteiger partial charge in [-0.2, -0.15) is 5.26 Å². The van der Waals surface area contributed by atoms with Crippen LogP contribution >= 0.6 is 0 Å². The number of piperidine rings is 1. The highest BCUT2D eigenvalue weighted by Gasteiger charge is 2.24. The van der Waals surface area contributed by atoms with E-state index in [1.54, 1.807) is 48.2 Å². The summed E-state index contributed by atoms with van der Waals surface area (Å²) < 4.78 is 22.0. The molecule has 0 radical (unpaired) electrons. The van der Waals surface area contributed by atoms with Crippen LogP contribution in [-0.2, 0) is 0 Å². The maximum Gasteiger partial charge on any atom is 0.269 e. The van der Waals surface area contributed by atoms with Crippen LogP contribution in [0.4, 0.5) is 4.39 Å². The lowest BCUT2D eigenvalue weighted by molar-refractivity contribution is 0.205. The Morgan fingerprint density at radius 3 is 2.55 bits per heavy atom. The standard InChI is InChI=1S/C25H22FN5O2/c1-33-18-4-2-16(3-5-18)19-12-20-22(13-21(19)26)28-14-23-25(20)31(24(32)15-29-23)17-6-9-30(10-7-17)11-8-27/h2-5,12-15,17H,6-7,9-11H2,1H3. The van der Waals surface area contributed by atoms with Gasteiger partial charge in [-0.15, -0.1) is 0 Å². The van der Waals surface area contributed by atoms with E-state index in [0.29, 0.717) is 45.4 Å². The van der Waals surface area contributed by atoms with Crippen LogP contribution in [0.3, 0.4) is 0 Å². The maximum absolute atomic E-state index is 15.1. The number of fused-ring (bicyclic) bond motifs is 3. The molecule has 5 rings (SSSR count). The average molecular weight is 443 g/mol. The number of pyridine rings is 1. The normalized spacial score (nSPS) is 15.1. The number of rotatable bonds is 4. The van der Waals surface area contributed by atoms with Crippen LogP contribution in [0.2, 0.25) is 0 Å². The van der Waals surface area contributed by atoms with Crippen molar-refractivity contribution in [3.63, 3.8) is 0 Å². The van der Waals surface area contributed by atoms with Crippen LogP contribution in [-0.4, -0.2) is 46.2 Å². The first-order valence-corrected chi connectivity index (χ1v) is 10.8. The highest BCUT2D eigenvalue weighted by Crippen LogP contribution is 2.33. The highest BCUT2D eigenvalue weighted by atomic mass is 19.1. The number of likely N-dealkylation sites (tertiary alicyclic amines) is 1. The van der Waals surface area contributed by atoms with Crippen LogP contribution in [0.5, 0.6) is 5.75 Å². The predicted octanol–water partition coefficient (Wildman–Crippen LogP) is 3.92. The Balaban J connectivity index is 1.69. The zero-order chi connectivity index (χ0) is 22.9. The number of methoxy groups -OCH3 is 1. The highest BCUT2D eigenvalue weighted by molar-refractivity contribution is 6.03. The fraction of sp³-hybridized carbons (Fsp3) is 0.280. The van der Waals surface area contributed by atoms with E-state index in [9.17, 15) is 4.79 Å². The Hall–Kier alpha value is -3.83. The molecule has 0 N–H and O–H groups in total. The van der Waals surface area contributed by atoms with Crippen molar-refractivity contribution in [3.8, 4) is 22.9 Å². The average Bonchev–Trinajstić information content (AvgIpc) is 2.84. The molecule has 0 aliphatic carbocycles. The number of benzene rings is 2. The van der Waals surface area contributed by atoms with E-state index >= 15 is 4.39 Å². The fourth-order valence-corrected chi connectivity index (χ4v) is 4.62. The van der Waals surface area contributed by atoms with Crippen LogP contribution in [0.1, 0.15) is 18.9 Å². The number of ether oxygens (including phenoxy) is 1. The van der Waals surface area contributed by atoms with Crippen molar-refractivity contribution in [2.45, 2.75) is 18.9 Å². The molecule has 1 aliphatic rings. The predicted molar refractivity (Wildman–Crippen MR) is 124 cm³/mol. The molecule has 3 heterocycles. The lowest BCUT2D eigenvalue weighted by atomic mass is 10.0. The molecule has 0 spiro atoms. The largest absolute Gasteiger partial charge is 0.497 e. The van der Waals surface area contributed by atoms with Gasteiger partial charge in [0, 0.05) is 36.1 Å². The van der Waals surface area contributed by atoms with Crippen LogP contribution in [0.15, 0.2) is 53.6 Å². The summed E-state index contributed by atoms with van der Waals surface area (Å²) in [6, 6.07) is 12.5. The third-order valence-corrected chi connectivity index (χ3v) is 6.32. The number of hydrogen-bond acceptors (Lipinski definition) is 6. The number of hydrogen-bond donors (Lipinski definition) is 0. The molecule has 0 atom stereocenters. The van der Waals surface area contributed by atoms with Gasteiger partial charge in [0.15, 0.2) is 0 Å². The van der Waals surface area contributed by atoms with E-state index in [1.165, 1.54) is 12.3 Å². The van der Waals surface area contributed by atoms with Crippen molar-refractivity contribution in [3.05, 3.63) is 65.0 Å². The van der Waals surface area contributed by atoms with E-state index in [4.69, 9.17) is 10.00 Å². The first-order valence-electron chi connectivity index (χ1n) is 10.8. The third-order valence-electron chi connectivity index (χ3n) is 6.32. The van der Waals surface area contributed by atoms with E-state index in [-0.39, 0.29) is 17.4 Å². The zero-order valence-electron chi connectivity index (χ0n) is 18.2. The van der Waals surface area contributed by atoms with Gasteiger partial charge < -0.3 is 9.30 Å². The summed E-state index contributed by atoms with van der Waals surface area (Å²) in [6.07, 6.45) is 4.41. The minimum atomic E-state index is -0.387. The number of aromatic nitrogens is 3. The van der Waals surface area contributed by atoms with Crippen LogP contribution in [0, 0.1) is 17.1 Å². The SMILES string of the molecule is COc1ccc(-c2cc3c(cc2F)ncc2ncc(=O)n(C4CCN(CC#N)CC4)c23)cc1. The summed E-state index contributed by atoms with van der Waals surface area (Å²) in [5.74, 6) is 0.301. The molecule has 0 unspecified atom stereocenters. The van der Waals surface area contributed by atoms with Gasteiger partial charge in [0.1, 0.15) is 17.1 Å². The molecule has 7 nitrogen and oxygen atoms in total. The second kappa shape index (κ2) is 8.60. The van der Waals surface area contributed by atoms with Gasteiger partial charge in [-0.1, -0.05) is 12.1 Å². The first kappa shape index (κ1) is 21.0. The summed E-state index contributed by atoms with van der Waals surface area (Å²) in [7, 11) is 1.58. The minimum absolute atomic E-state index is 0.0296. The molecule has 1 fully saturated rings. The Labute approximate surface area is 189 Å². The summed E-state index contributed by atoms with van der Waals surface area (Å²) >= 11 is 0. The molecule has 33 heavy (non-hydrogen) atoms. The smallest absolute Gasteiger partial charge is 0.269 e. The first-order chi connectivity index (χ1) is 16.1. The molecule has 0 saturated carbocycles. The van der Waals surface area contributed by atoms with Crippen molar-refractivity contribution < 1.29 is 9.13 Å². The van der Waals surface area contributed by atoms with Crippen LogP contribution in [0.25, 0.3) is 33.1 Å². The van der Waals surface area contributed by atoms with E-state index < -0.39 is 0 Å². The molecular weight excluding hydrogens is 421 g/mol. The summed E-state index contributed by atoms with van der Waals surface area (Å²) in [4.78, 5) is 23.8. The van der Waals surface area contributed by atoms with Gasteiger partial charge in [-0.3, -0.25) is 14.7 Å². The van der Waals surface area contributed by atoms with Crippen molar-refractivity contribution in [2.75, 3.05) is 26.7 Å². The molecule has 0 amide bonds. The minimum Gasteiger partial charge on any atom is -0.497 e. The van der Waals surface area contributed by atoms with Crippen molar-refractivity contribution >= 4 is 21.9 Å². The van der Waals surface area contributed by atoms with Gasteiger partial charge in [0.2, 0.25) is 0 Å². The van der Waals surface area contributed by atoms with Gasteiger partial charge in [0.25, 0.3) is 5.56 Å². The van der Waals surface area contributed by atoms with E-state index in [1.807, 2.05) is 0 Å². The fourth-order valence-electron chi connectivity index (χ4n) is 4.62. The Kier molecular flexibility index (Phi) is 5.48. The molecule has 2 aromatic carbocycles. The number of nitriles is 1.